The Bertz CT molecular complexity index is 546. The SMILES string of the molecule is CCCCn1c[n+](CCOCCOCC[n+]2cnn(CCCC)c2)cn1. The Balaban J connectivity index is 1.45. The van der Waals surface area contributed by atoms with Gasteiger partial charge in [-0.05, 0) is 12.8 Å². The van der Waals surface area contributed by atoms with Crippen molar-refractivity contribution < 1.29 is 18.6 Å². The van der Waals surface area contributed by atoms with Crippen LogP contribution in [0.25, 0.3) is 0 Å². The van der Waals surface area contributed by atoms with Crippen LogP contribution in [0.4, 0.5) is 0 Å². The summed E-state index contributed by atoms with van der Waals surface area (Å²) in [5, 5.41) is 8.66. The summed E-state index contributed by atoms with van der Waals surface area (Å²) in [6.45, 7) is 10.5. The number of aryl methyl sites for hydroxylation is 2. The second kappa shape index (κ2) is 12.5. The predicted molar refractivity (Wildman–Crippen MR) is 96.3 cm³/mol. The summed E-state index contributed by atoms with van der Waals surface area (Å²) in [7, 11) is 0. The molecule has 0 fully saturated rings. The molecule has 8 heteroatoms. The number of ether oxygens (including phenoxy) is 2. The van der Waals surface area contributed by atoms with Crippen LogP contribution in [-0.4, -0.2) is 46.0 Å². The first-order valence-corrected chi connectivity index (χ1v) is 9.80. The molecule has 0 atom stereocenters. The molecule has 0 saturated heterocycles. The van der Waals surface area contributed by atoms with Crippen molar-refractivity contribution in [3.63, 3.8) is 0 Å². The van der Waals surface area contributed by atoms with Gasteiger partial charge in [0.2, 0.25) is 12.7 Å². The van der Waals surface area contributed by atoms with Gasteiger partial charge < -0.3 is 9.47 Å². The highest BCUT2D eigenvalue weighted by atomic mass is 16.5. The summed E-state index contributed by atoms with van der Waals surface area (Å²) < 4.78 is 19.3. The lowest BCUT2D eigenvalue weighted by Crippen LogP contribution is -2.34. The van der Waals surface area contributed by atoms with Gasteiger partial charge in [0.25, 0.3) is 12.7 Å². The molecule has 0 unspecified atom stereocenters. The maximum Gasteiger partial charge on any atom is 0.265 e. The highest BCUT2D eigenvalue weighted by molar-refractivity contribution is 4.47. The molecule has 0 saturated carbocycles. The molecule has 0 amide bonds. The van der Waals surface area contributed by atoms with Gasteiger partial charge in [-0.25, -0.2) is 9.13 Å². The Labute approximate surface area is 156 Å². The zero-order chi connectivity index (χ0) is 18.5. The average molecular weight is 367 g/mol. The van der Waals surface area contributed by atoms with Crippen LogP contribution in [-0.2, 0) is 35.7 Å². The van der Waals surface area contributed by atoms with Crippen molar-refractivity contribution in [3.8, 4) is 0 Å². The molecule has 26 heavy (non-hydrogen) atoms. The maximum absolute atomic E-state index is 5.62. The van der Waals surface area contributed by atoms with E-state index in [2.05, 4.69) is 33.2 Å². The largest absolute Gasteiger partial charge is 0.376 e. The molecular weight excluding hydrogens is 332 g/mol. The van der Waals surface area contributed by atoms with Gasteiger partial charge in [0.15, 0.2) is 0 Å². The second-order valence-electron chi connectivity index (χ2n) is 6.43. The quantitative estimate of drug-likeness (QED) is 0.348. The van der Waals surface area contributed by atoms with Crippen LogP contribution in [0.15, 0.2) is 25.3 Å². The Morgan fingerprint density at radius 2 is 1.19 bits per heavy atom. The monoisotopic (exact) mass is 366 g/mol. The van der Waals surface area contributed by atoms with Crippen molar-refractivity contribution in [1.29, 1.82) is 0 Å². The first kappa shape index (κ1) is 20.5. The van der Waals surface area contributed by atoms with E-state index in [1.165, 1.54) is 12.8 Å². The van der Waals surface area contributed by atoms with Crippen molar-refractivity contribution in [2.75, 3.05) is 26.4 Å². The van der Waals surface area contributed by atoms with Gasteiger partial charge in [0, 0.05) is 10.2 Å². The normalized spacial score (nSPS) is 11.3. The Morgan fingerprint density at radius 3 is 1.62 bits per heavy atom. The Morgan fingerprint density at radius 1 is 0.731 bits per heavy atom. The summed E-state index contributed by atoms with van der Waals surface area (Å²) in [4.78, 5) is 0. The Hall–Kier alpha value is -1.80. The summed E-state index contributed by atoms with van der Waals surface area (Å²) in [5.41, 5.74) is 0. The van der Waals surface area contributed by atoms with Gasteiger partial charge in [-0.3, -0.25) is 0 Å². The van der Waals surface area contributed by atoms with Gasteiger partial charge in [-0.1, -0.05) is 26.7 Å². The molecule has 0 bridgehead atoms. The van der Waals surface area contributed by atoms with Crippen LogP contribution in [0, 0.1) is 0 Å². The van der Waals surface area contributed by atoms with Gasteiger partial charge in [-0.15, -0.1) is 9.36 Å². The van der Waals surface area contributed by atoms with E-state index in [1.807, 2.05) is 34.7 Å². The predicted octanol–water partition coefficient (Wildman–Crippen LogP) is 0.988. The van der Waals surface area contributed by atoms with Crippen LogP contribution in [0.5, 0.6) is 0 Å². The topological polar surface area (TPSA) is 61.9 Å². The third kappa shape index (κ3) is 8.05. The van der Waals surface area contributed by atoms with E-state index in [-0.39, 0.29) is 0 Å². The average Bonchev–Trinajstić information content (AvgIpc) is 3.29. The zero-order valence-electron chi connectivity index (χ0n) is 16.3. The molecule has 0 aliphatic carbocycles. The number of aromatic nitrogens is 6. The fraction of sp³-hybridized carbons (Fsp3) is 0.778. The van der Waals surface area contributed by atoms with Crippen molar-refractivity contribution in [2.45, 2.75) is 65.7 Å². The minimum Gasteiger partial charge on any atom is -0.376 e. The minimum absolute atomic E-state index is 0.616. The van der Waals surface area contributed by atoms with Gasteiger partial charge in [0.05, 0.1) is 39.5 Å². The van der Waals surface area contributed by atoms with E-state index in [0.717, 1.165) is 39.0 Å². The smallest absolute Gasteiger partial charge is 0.265 e. The van der Waals surface area contributed by atoms with E-state index < -0.39 is 0 Å². The van der Waals surface area contributed by atoms with E-state index >= 15 is 0 Å². The molecule has 0 aliphatic heterocycles. The number of hydrogen-bond acceptors (Lipinski definition) is 4. The molecule has 2 aromatic heterocycles. The third-order valence-corrected chi connectivity index (χ3v) is 4.10. The lowest BCUT2D eigenvalue weighted by Gasteiger charge is -2.04. The lowest BCUT2D eigenvalue weighted by molar-refractivity contribution is -0.699. The van der Waals surface area contributed by atoms with E-state index in [4.69, 9.17) is 9.47 Å². The van der Waals surface area contributed by atoms with Crippen molar-refractivity contribution in [2.24, 2.45) is 0 Å². The molecule has 0 spiro atoms. The van der Waals surface area contributed by atoms with Crippen LogP contribution in [0.1, 0.15) is 39.5 Å². The molecular formula is C18H34N6O2+2. The fourth-order valence-electron chi connectivity index (χ4n) is 2.49. The van der Waals surface area contributed by atoms with Crippen LogP contribution in [0.2, 0.25) is 0 Å². The second-order valence-corrected chi connectivity index (χ2v) is 6.43. The number of rotatable bonds is 15. The van der Waals surface area contributed by atoms with E-state index in [1.54, 1.807) is 0 Å². The van der Waals surface area contributed by atoms with Gasteiger partial charge in [-0.2, -0.15) is 0 Å². The van der Waals surface area contributed by atoms with E-state index in [9.17, 15) is 0 Å². The Kier molecular flexibility index (Phi) is 9.89. The standard InChI is InChI=1S/C18H34N6O2/c1-3-5-7-23-17-21(15-19-23)9-11-25-13-14-26-12-10-22-16-20-24(18-22)8-6-4-2/h15-18H,3-14H2,1-2H3/q+2. The number of hydrogen-bond donors (Lipinski definition) is 0. The van der Waals surface area contributed by atoms with Crippen LogP contribution >= 0.6 is 0 Å². The highest BCUT2D eigenvalue weighted by Crippen LogP contribution is 1.91. The first-order valence-electron chi connectivity index (χ1n) is 9.80. The third-order valence-electron chi connectivity index (χ3n) is 4.10. The number of unbranched alkanes of at least 4 members (excludes halogenated alkanes) is 2. The van der Waals surface area contributed by atoms with Crippen LogP contribution in [0.3, 0.4) is 0 Å². The van der Waals surface area contributed by atoms with Gasteiger partial charge in [0.1, 0.15) is 13.1 Å². The molecule has 8 nitrogen and oxygen atoms in total. The molecule has 146 valence electrons. The van der Waals surface area contributed by atoms with E-state index in [0.29, 0.717) is 26.4 Å². The summed E-state index contributed by atoms with van der Waals surface area (Å²) >= 11 is 0. The molecule has 0 radical (unpaired) electrons. The zero-order valence-corrected chi connectivity index (χ0v) is 16.3. The highest BCUT2D eigenvalue weighted by Gasteiger charge is 2.06. The van der Waals surface area contributed by atoms with Crippen molar-refractivity contribution in [1.82, 2.24) is 19.6 Å². The number of nitrogens with zero attached hydrogens (tertiary/aromatic N) is 6. The molecule has 2 rings (SSSR count). The summed E-state index contributed by atoms with van der Waals surface area (Å²) in [6, 6.07) is 0. The molecule has 2 aromatic rings. The lowest BCUT2D eigenvalue weighted by atomic mass is 10.3. The molecule has 0 aliphatic rings. The minimum atomic E-state index is 0.616. The van der Waals surface area contributed by atoms with Crippen molar-refractivity contribution >= 4 is 0 Å². The summed E-state index contributed by atoms with van der Waals surface area (Å²) in [5.74, 6) is 0. The summed E-state index contributed by atoms with van der Waals surface area (Å²) in [6.07, 6.45) is 12.5. The fourth-order valence-corrected chi connectivity index (χ4v) is 2.49. The van der Waals surface area contributed by atoms with Crippen LogP contribution < -0.4 is 9.13 Å². The van der Waals surface area contributed by atoms with Crippen molar-refractivity contribution in [3.05, 3.63) is 25.3 Å². The molecule has 0 aromatic carbocycles. The molecule has 0 N–H and O–H groups in total. The first-order chi connectivity index (χ1) is 12.8. The van der Waals surface area contributed by atoms with Gasteiger partial charge >= 0.3 is 0 Å². The molecule has 2 heterocycles. The maximum atomic E-state index is 5.62.